The number of nitrogens with zero attached hydrogens (tertiary/aromatic N) is 4. The predicted octanol–water partition coefficient (Wildman–Crippen LogP) is 2.96. The number of pyridine rings is 1. The maximum Gasteiger partial charge on any atom is 0.246 e. The monoisotopic (exact) mass is 445 g/mol. The summed E-state index contributed by atoms with van der Waals surface area (Å²) in [7, 11) is -3.73. The van der Waals surface area contributed by atoms with Crippen molar-refractivity contribution in [2.24, 2.45) is 5.92 Å². The third-order valence-electron chi connectivity index (χ3n) is 5.10. The molecule has 0 atom stereocenters. The second-order valence-corrected chi connectivity index (χ2v) is 9.24. The van der Waals surface area contributed by atoms with Crippen LogP contribution in [0.5, 0.6) is 0 Å². The van der Waals surface area contributed by atoms with Crippen molar-refractivity contribution in [3.05, 3.63) is 66.5 Å². The molecular formula is C20H20ClN5O3S. The highest BCUT2D eigenvalue weighted by molar-refractivity contribution is 7.89. The summed E-state index contributed by atoms with van der Waals surface area (Å²) >= 11 is 5.96. The van der Waals surface area contributed by atoms with Gasteiger partial charge in [-0.25, -0.2) is 18.4 Å². The van der Waals surface area contributed by atoms with Gasteiger partial charge >= 0.3 is 0 Å². The number of imidazole rings is 1. The highest BCUT2D eigenvalue weighted by atomic mass is 35.5. The lowest BCUT2D eigenvalue weighted by atomic mass is 9.97. The molecular weight excluding hydrogens is 426 g/mol. The van der Waals surface area contributed by atoms with E-state index in [1.54, 1.807) is 12.5 Å². The highest BCUT2D eigenvalue weighted by Gasteiger charge is 2.33. The molecule has 1 aliphatic rings. The third kappa shape index (κ3) is 4.23. The molecule has 0 aliphatic carbocycles. The van der Waals surface area contributed by atoms with Crippen LogP contribution in [0.25, 0.3) is 5.69 Å². The Bertz CT molecular complexity index is 1130. The SMILES string of the molecule is O=C(Nc1ccc(-n2ccnc2)cc1)C1CCN(S(=O)(=O)c2cccnc2Cl)CC1. The Labute approximate surface area is 179 Å². The van der Waals surface area contributed by atoms with Crippen LogP contribution in [-0.4, -0.2) is 46.3 Å². The molecule has 1 fully saturated rings. The summed E-state index contributed by atoms with van der Waals surface area (Å²) in [4.78, 5) is 20.5. The van der Waals surface area contributed by atoms with Crippen molar-refractivity contribution in [3.8, 4) is 5.69 Å². The van der Waals surface area contributed by atoms with Crippen molar-refractivity contribution in [2.45, 2.75) is 17.7 Å². The van der Waals surface area contributed by atoms with Gasteiger partial charge in [-0.3, -0.25) is 4.79 Å². The average molecular weight is 446 g/mol. The molecule has 1 saturated heterocycles. The first-order chi connectivity index (χ1) is 14.4. The van der Waals surface area contributed by atoms with E-state index < -0.39 is 10.0 Å². The van der Waals surface area contributed by atoms with E-state index in [9.17, 15) is 13.2 Å². The topological polar surface area (TPSA) is 97.2 Å². The number of halogens is 1. The fraction of sp³-hybridized carbons (Fsp3) is 0.250. The van der Waals surface area contributed by atoms with E-state index >= 15 is 0 Å². The maximum absolute atomic E-state index is 12.8. The van der Waals surface area contributed by atoms with Crippen LogP contribution in [0.3, 0.4) is 0 Å². The number of carbonyl (C=O) groups is 1. The maximum atomic E-state index is 12.8. The second-order valence-electron chi connectivity index (χ2n) is 6.98. The molecule has 8 nitrogen and oxygen atoms in total. The molecule has 0 unspecified atom stereocenters. The summed E-state index contributed by atoms with van der Waals surface area (Å²) in [5.74, 6) is -0.365. The zero-order valence-corrected chi connectivity index (χ0v) is 17.6. The van der Waals surface area contributed by atoms with E-state index in [0.717, 1.165) is 5.69 Å². The molecule has 1 amide bonds. The smallest absolute Gasteiger partial charge is 0.246 e. The molecule has 0 radical (unpaired) electrons. The minimum absolute atomic E-state index is 0.00690. The fourth-order valence-corrected chi connectivity index (χ4v) is 5.33. The van der Waals surface area contributed by atoms with Crippen LogP contribution in [0.2, 0.25) is 5.15 Å². The Hall–Kier alpha value is -2.75. The van der Waals surface area contributed by atoms with Crippen molar-refractivity contribution < 1.29 is 13.2 Å². The van der Waals surface area contributed by atoms with E-state index in [1.807, 2.05) is 35.0 Å². The molecule has 1 N–H and O–H groups in total. The van der Waals surface area contributed by atoms with Crippen LogP contribution in [0.1, 0.15) is 12.8 Å². The van der Waals surface area contributed by atoms with Crippen LogP contribution in [0.4, 0.5) is 5.69 Å². The van der Waals surface area contributed by atoms with Gasteiger partial charge in [-0.1, -0.05) is 11.6 Å². The number of nitrogens with one attached hydrogen (secondary N) is 1. The van der Waals surface area contributed by atoms with Crippen molar-refractivity contribution >= 4 is 33.2 Å². The van der Waals surface area contributed by atoms with Gasteiger partial charge in [-0.05, 0) is 49.2 Å². The number of aromatic nitrogens is 3. The van der Waals surface area contributed by atoms with E-state index in [-0.39, 0.29) is 35.0 Å². The molecule has 1 aromatic carbocycles. The lowest BCUT2D eigenvalue weighted by Gasteiger charge is -2.30. The Morgan fingerprint density at radius 3 is 2.47 bits per heavy atom. The average Bonchev–Trinajstić information content (AvgIpc) is 3.29. The Morgan fingerprint density at radius 1 is 1.10 bits per heavy atom. The van der Waals surface area contributed by atoms with Crippen LogP contribution in [0.15, 0.2) is 66.2 Å². The number of benzene rings is 1. The number of hydrogen-bond acceptors (Lipinski definition) is 5. The minimum Gasteiger partial charge on any atom is -0.326 e. The first kappa shape index (κ1) is 20.5. The zero-order valence-electron chi connectivity index (χ0n) is 16.0. The molecule has 3 heterocycles. The van der Waals surface area contributed by atoms with Crippen molar-refractivity contribution in [2.75, 3.05) is 18.4 Å². The molecule has 156 valence electrons. The highest BCUT2D eigenvalue weighted by Crippen LogP contribution is 2.27. The van der Waals surface area contributed by atoms with Crippen LogP contribution in [-0.2, 0) is 14.8 Å². The van der Waals surface area contributed by atoms with Gasteiger partial charge in [0.15, 0.2) is 0 Å². The number of sulfonamides is 1. The summed E-state index contributed by atoms with van der Waals surface area (Å²) in [6.45, 7) is 0.510. The Balaban J connectivity index is 1.36. The van der Waals surface area contributed by atoms with E-state index in [4.69, 9.17) is 11.6 Å². The molecule has 4 rings (SSSR count). The Kier molecular flexibility index (Phi) is 5.85. The normalized spacial score (nSPS) is 15.8. The number of amides is 1. The standard InChI is InChI=1S/C20H20ClN5O3S/c21-19-18(2-1-9-23-19)30(28,29)26-11-7-15(8-12-26)20(27)24-16-3-5-17(6-4-16)25-13-10-22-14-25/h1-6,9-10,13-15H,7-8,11-12H2,(H,24,27). The first-order valence-electron chi connectivity index (χ1n) is 9.45. The second kappa shape index (κ2) is 8.55. The van der Waals surface area contributed by atoms with E-state index in [2.05, 4.69) is 15.3 Å². The molecule has 0 saturated carbocycles. The predicted molar refractivity (Wildman–Crippen MR) is 113 cm³/mol. The summed E-state index contributed by atoms with van der Waals surface area (Å²) < 4.78 is 28.8. The van der Waals surface area contributed by atoms with Gasteiger partial charge in [0.25, 0.3) is 0 Å². The molecule has 0 bridgehead atoms. The van der Waals surface area contributed by atoms with Crippen LogP contribution >= 0.6 is 11.6 Å². The lowest BCUT2D eigenvalue weighted by molar-refractivity contribution is -0.120. The number of piperidine rings is 1. The Morgan fingerprint density at radius 2 is 1.83 bits per heavy atom. The molecule has 0 spiro atoms. The quantitative estimate of drug-likeness (QED) is 0.609. The van der Waals surface area contributed by atoms with Gasteiger partial charge in [-0.2, -0.15) is 4.31 Å². The summed E-state index contributed by atoms with van der Waals surface area (Å²) in [6, 6.07) is 10.4. The number of rotatable bonds is 5. The van der Waals surface area contributed by atoms with Gasteiger partial charge < -0.3 is 9.88 Å². The van der Waals surface area contributed by atoms with Crippen molar-refractivity contribution in [1.29, 1.82) is 0 Å². The first-order valence-corrected chi connectivity index (χ1v) is 11.3. The summed E-state index contributed by atoms with van der Waals surface area (Å²) in [5.41, 5.74) is 1.64. The van der Waals surface area contributed by atoms with Gasteiger partial charge in [0, 0.05) is 49.0 Å². The van der Waals surface area contributed by atoms with E-state index in [0.29, 0.717) is 18.5 Å². The van der Waals surface area contributed by atoms with Crippen LogP contribution < -0.4 is 5.32 Å². The lowest BCUT2D eigenvalue weighted by Crippen LogP contribution is -2.41. The number of carbonyl (C=O) groups excluding carboxylic acids is 1. The van der Waals surface area contributed by atoms with Gasteiger partial charge in [0.2, 0.25) is 15.9 Å². The fourth-order valence-electron chi connectivity index (χ4n) is 3.43. The van der Waals surface area contributed by atoms with Gasteiger partial charge in [0.1, 0.15) is 10.0 Å². The minimum atomic E-state index is -3.73. The van der Waals surface area contributed by atoms with Crippen LogP contribution in [0, 0.1) is 5.92 Å². The molecule has 3 aromatic rings. The number of hydrogen-bond donors (Lipinski definition) is 1. The van der Waals surface area contributed by atoms with Crippen molar-refractivity contribution in [1.82, 2.24) is 18.8 Å². The summed E-state index contributed by atoms with van der Waals surface area (Å²) in [5, 5.41) is 2.87. The van der Waals surface area contributed by atoms with E-state index in [1.165, 1.54) is 22.6 Å². The molecule has 1 aliphatic heterocycles. The largest absolute Gasteiger partial charge is 0.326 e. The molecule has 2 aromatic heterocycles. The van der Waals surface area contributed by atoms with Crippen molar-refractivity contribution in [3.63, 3.8) is 0 Å². The summed E-state index contributed by atoms with van der Waals surface area (Å²) in [6.07, 6.45) is 7.57. The third-order valence-corrected chi connectivity index (χ3v) is 7.45. The molecule has 30 heavy (non-hydrogen) atoms. The number of anilines is 1. The van der Waals surface area contributed by atoms with Gasteiger partial charge in [0.05, 0.1) is 6.33 Å². The molecule has 10 heteroatoms. The van der Waals surface area contributed by atoms with Gasteiger partial charge in [-0.15, -0.1) is 0 Å². The zero-order chi connectivity index (χ0) is 21.1.